The highest BCUT2D eigenvalue weighted by Crippen LogP contribution is 2.24. The lowest BCUT2D eigenvalue weighted by Crippen LogP contribution is -2.07. The van der Waals surface area contributed by atoms with Gasteiger partial charge in [-0.2, -0.15) is 5.10 Å². The van der Waals surface area contributed by atoms with Gasteiger partial charge in [0.15, 0.2) is 0 Å². The fourth-order valence-electron chi connectivity index (χ4n) is 1.14. The zero-order valence-corrected chi connectivity index (χ0v) is 9.16. The van der Waals surface area contributed by atoms with Gasteiger partial charge in [-0.15, -0.1) is 0 Å². The molecule has 0 fully saturated rings. The van der Waals surface area contributed by atoms with Crippen LogP contribution in [0.3, 0.4) is 0 Å². The molecule has 5 heteroatoms. The number of nitrogens with zero attached hydrogens (tertiary/aromatic N) is 2. The van der Waals surface area contributed by atoms with E-state index in [1.165, 1.54) is 0 Å². The minimum absolute atomic E-state index is 0.477. The number of aryl methyl sites for hydroxylation is 1. The third kappa shape index (κ3) is 2.30. The second-order valence-corrected chi connectivity index (χ2v) is 3.55. The maximum atomic E-state index is 9.65. The van der Waals surface area contributed by atoms with Gasteiger partial charge in [0.2, 0.25) is 0 Å². The molecule has 0 aliphatic rings. The molecule has 74 valence electrons. The smallest absolute Gasteiger partial charge is 0.109 e. The zero-order chi connectivity index (χ0) is 9.84. The Morgan fingerprint density at radius 3 is 2.92 bits per heavy atom. The summed E-state index contributed by atoms with van der Waals surface area (Å²) in [5.74, 6) is 0. The lowest BCUT2D eigenvalue weighted by Gasteiger charge is -2.07. The minimum Gasteiger partial charge on any atom is -0.388 e. The van der Waals surface area contributed by atoms with Crippen molar-refractivity contribution < 1.29 is 5.11 Å². The molecule has 13 heavy (non-hydrogen) atoms. The first kappa shape index (κ1) is 10.7. The molecule has 0 bridgehead atoms. The van der Waals surface area contributed by atoms with Crippen LogP contribution in [0.5, 0.6) is 0 Å². The SMILES string of the molecule is CCn1ncc(C(O)CCN)c1Br. The van der Waals surface area contributed by atoms with Gasteiger partial charge < -0.3 is 10.8 Å². The summed E-state index contributed by atoms with van der Waals surface area (Å²) in [6, 6.07) is 0. The largest absolute Gasteiger partial charge is 0.388 e. The van der Waals surface area contributed by atoms with Crippen molar-refractivity contribution in [2.24, 2.45) is 5.73 Å². The molecule has 0 spiro atoms. The lowest BCUT2D eigenvalue weighted by atomic mass is 10.1. The third-order valence-electron chi connectivity index (χ3n) is 1.90. The van der Waals surface area contributed by atoms with Crippen molar-refractivity contribution in [1.29, 1.82) is 0 Å². The summed E-state index contributed by atoms with van der Waals surface area (Å²) in [6.45, 7) is 3.26. The van der Waals surface area contributed by atoms with E-state index in [0.29, 0.717) is 13.0 Å². The Balaban J connectivity index is 2.82. The quantitative estimate of drug-likeness (QED) is 0.837. The highest BCUT2D eigenvalue weighted by atomic mass is 79.9. The van der Waals surface area contributed by atoms with Crippen LogP contribution in [0.1, 0.15) is 25.0 Å². The topological polar surface area (TPSA) is 64.1 Å². The van der Waals surface area contributed by atoms with E-state index in [1.807, 2.05) is 6.92 Å². The van der Waals surface area contributed by atoms with Gasteiger partial charge in [-0.1, -0.05) is 0 Å². The predicted octanol–water partition coefficient (Wildman–Crippen LogP) is 1.05. The van der Waals surface area contributed by atoms with Gasteiger partial charge in [0, 0.05) is 12.1 Å². The Bertz CT molecular complexity index is 274. The summed E-state index contributed by atoms with van der Waals surface area (Å²) in [5, 5.41) is 13.8. The van der Waals surface area contributed by atoms with E-state index in [-0.39, 0.29) is 0 Å². The number of hydrogen-bond donors (Lipinski definition) is 2. The summed E-state index contributed by atoms with van der Waals surface area (Å²) < 4.78 is 2.63. The summed E-state index contributed by atoms with van der Waals surface area (Å²) in [4.78, 5) is 0. The van der Waals surface area contributed by atoms with Crippen molar-refractivity contribution in [2.45, 2.75) is 26.0 Å². The molecule has 0 aliphatic carbocycles. The van der Waals surface area contributed by atoms with E-state index in [9.17, 15) is 5.11 Å². The van der Waals surface area contributed by atoms with Crippen LogP contribution in [-0.4, -0.2) is 21.4 Å². The Morgan fingerprint density at radius 2 is 2.46 bits per heavy atom. The van der Waals surface area contributed by atoms with Crippen molar-refractivity contribution in [3.63, 3.8) is 0 Å². The van der Waals surface area contributed by atoms with Crippen molar-refractivity contribution in [2.75, 3.05) is 6.54 Å². The fraction of sp³-hybridized carbons (Fsp3) is 0.625. The molecule has 1 heterocycles. The summed E-state index contributed by atoms with van der Waals surface area (Å²) >= 11 is 3.38. The maximum absolute atomic E-state index is 9.65. The van der Waals surface area contributed by atoms with Gasteiger partial charge in [-0.25, -0.2) is 0 Å². The molecule has 0 saturated heterocycles. The van der Waals surface area contributed by atoms with Crippen molar-refractivity contribution in [1.82, 2.24) is 9.78 Å². The molecule has 0 amide bonds. The molecule has 0 aromatic carbocycles. The molecule has 1 aromatic heterocycles. The first-order valence-corrected chi connectivity index (χ1v) is 5.09. The Morgan fingerprint density at radius 1 is 1.77 bits per heavy atom. The van der Waals surface area contributed by atoms with E-state index in [4.69, 9.17) is 5.73 Å². The maximum Gasteiger partial charge on any atom is 0.109 e. The molecule has 1 aromatic rings. The number of nitrogens with two attached hydrogens (primary N) is 1. The molecule has 3 N–H and O–H groups in total. The van der Waals surface area contributed by atoms with Gasteiger partial charge in [0.25, 0.3) is 0 Å². The molecule has 4 nitrogen and oxygen atoms in total. The van der Waals surface area contributed by atoms with Crippen molar-refractivity contribution in [3.05, 3.63) is 16.4 Å². The highest BCUT2D eigenvalue weighted by Gasteiger charge is 2.14. The number of aliphatic hydroxyl groups is 1. The minimum atomic E-state index is -0.514. The van der Waals surface area contributed by atoms with Crippen LogP contribution < -0.4 is 5.73 Å². The third-order valence-corrected chi connectivity index (χ3v) is 2.77. The van der Waals surface area contributed by atoms with Crippen molar-refractivity contribution >= 4 is 15.9 Å². The van der Waals surface area contributed by atoms with Gasteiger partial charge in [-0.05, 0) is 35.8 Å². The second-order valence-electron chi connectivity index (χ2n) is 2.80. The van der Waals surface area contributed by atoms with Gasteiger partial charge in [-0.3, -0.25) is 4.68 Å². The van der Waals surface area contributed by atoms with Gasteiger partial charge in [0.1, 0.15) is 4.60 Å². The lowest BCUT2D eigenvalue weighted by molar-refractivity contribution is 0.169. The van der Waals surface area contributed by atoms with Crippen molar-refractivity contribution in [3.8, 4) is 0 Å². The van der Waals surface area contributed by atoms with E-state index >= 15 is 0 Å². The number of halogens is 1. The summed E-state index contributed by atoms with van der Waals surface area (Å²) in [6.07, 6.45) is 1.72. The van der Waals surface area contributed by atoms with Crippen LogP contribution in [0.4, 0.5) is 0 Å². The van der Waals surface area contributed by atoms with Crippen LogP contribution >= 0.6 is 15.9 Å². The first-order valence-electron chi connectivity index (χ1n) is 4.30. The predicted molar refractivity (Wildman–Crippen MR) is 54.2 cm³/mol. The van der Waals surface area contributed by atoms with Gasteiger partial charge >= 0.3 is 0 Å². The Hall–Kier alpha value is -0.390. The molecule has 0 saturated carbocycles. The van der Waals surface area contributed by atoms with Crippen LogP contribution in [0.25, 0.3) is 0 Å². The van der Waals surface area contributed by atoms with Crippen LogP contribution in [-0.2, 0) is 6.54 Å². The standard InChI is InChI=1S/C8H14BrN3O/c1-2-12-8(9)6(5-11-12)7(13)3-4-10/h5,7,13H,2-4,10H2,1H3. The van der Waals surface area contributed by atoms with Gasteiger partial charge in [0.05, 0.1) is 12.3 Å². The average molecular weight is 248 g/mol. The molecule has 0 radical (unpaired) electrons. The van der Waals surface area contributed by atoms with E-state index in [0.717, 1.165) is 16.7 Å². The first-order chi connectivity index (χ1) is 6.20. The number of aromatic nitrogens is 2. The van der Waals surface area contributed by atoms with Crippen LogP contribution in [0.15, 0.2) is 10.8 Å². The second kappa shape index (κ2) is 4.74. The highest BCUT2D eigenvalue weighted by molar-refractivity contribution is 9.10. The Labute approximate surface area is 85.9 Å². The van der Waals surface area contributed by atoms with E-state index in [1.54, 1.807) is 10.9 Å². The van der Waals surface area contributed by atoms with Crippen LogP contribution in [0, 0.1) is 0 Å². The van der Waals surface area contributed by atoms with Crippen LogP contribution in [0.2, 0.25) is 0 Å². The van der Waals surface area contributed by atoms with E-state index < -0.39 is 6.10 Å². The number of hydrogen-bond acceptors (Lipinski definition) is 3. The normalized spacial score (nSPS) is 13.2. The average Bonchev–Trinajstić information content (AvgIpc) is 2.47. The monoisotopic (exact) mass is 247 g/mol. The molecule has 1 rings (SSSR count). The summed E-state index contributed by atoms with van der Waals surface area (Å²) in [5.41, 5.74) is 6.17. The molecule has 0 aliphatic heterocycles. The fourth-order valence-corrected chi connectivity index (χ4v) is 1.85. The van der Waals surface area contributed by atoms with E-state index in [2.05, 4.69) is 21.0 Å². The number of aliphatic hydroxyl groups excluding tert-OH is 1. The number of rotatable bonds is 4. The molecule has 1 atom stereocenters. The Kier molecular flexibility index (Phi) is 3.90. The zero-order valence-electron chi connectivity index (χ0n) is 7.57. The molecule has 1 unspecified atom stereocenters. The molecular weight excluding hydrogens is 234 g/mol. The molecular formula is C8H14BrN3O. The summed E-state index contributed by atoms with van der Waals surface area (Å²) in [7, 11) is 0.